The van der Waals surface area contributed by atoms with Gasteiger partial charge in [-0.05, 0) is 100 Å². The lowest BCUT2D eigenvalue weighted by molar-refractivity contribution is 1.18. The van der Waals surface area contributed by atoms with E-state index in [2.05, 4.69) is 226 Å². The minimum Gasteiger partial charge on any atom is -0.311 e. The van der Waals surface area contributed by atoms with Gasteiger partial charge in [-0.3, -0.25) is 0 Å². The number of rotatable bonds is 8. The molecule has 0 bridgehead atoms. The van der Waals surface area contributed by atoms with Gasteiger partial charge in [0.1, 0.15) is 0 Å². The van der Waals surface area contributed by atoms with Crippen molar-refractivity contribution in [2.24, 2.45) is 0 Å². The number of para-hydroxylation sites is 2. The van der Waals surface area contributed by atoms with Crippen LogP contribution in [0.4, 0.5) is 17.1 Å². The molecule has 0 aliphatic rings. The fourth-order valence-corrected chi connectivity index (χ4v) is 12.9. The van der Waals surface area contributed by atoms with Crippen LogP contribution < -0.4 is 4.90 Å². The van der Waals surface area contributed by atoms with E-state index in [1.54, 1.807) is 0 Å². The molecule has 0 spiro atoms. The van der Waals surface area contributed by atoms with Crippen molar-refractivity contribution in [3.05, 3.63) is 217 Å². The van der Waals surface area contributed by atoms with Crippen LogP contribution >= 0.6 is 34.0 Å². The topological polar surface area (TPSA) is 8.17 Å². The number of thiophene rings is 3. The van der Waals surface area contributed by atoms with Gasteiger partial charge in [-0.1, -0.05) is 140 Å². The molecule has 8 aromatic carbocycles. The highest BCUT2D eigenvalue weighted by molar-refractivity contribution is 7.38. The van der Waals surface area contributed by atoms with Crippen molar-refractivity contribution >= 4 is 91.7 Å². The van der Waals surface area contributed by atoms with E-state index in [4.69, 9.17) is 0 Å². The Morgan fingerprint density at radius 2 is 0.754 bits per heavy atom. The molecule has 5 heteroatoms. The quantitative estimate of drug-likeness (QED) is 0.148. The highest BCUT2D eigenvalue weighted by atomic mass is 32.1. The Bertz CT molecular complexity index is 3400. The van der Waals surface area contributed by atoms with Gasteiger partial charge in [0.05, 0.1) is 29.8 Å². The van der Waals surface area contributed by atoms with Crippen LogP contribution in [0.15, 0.2) is 217 Å². The first-order valence-corrected chi connectivity index (χ1v) is 23.0. The molecule has 61 heavy (non-hydrogen) atoms. The Morgan fingerprint density at radius 1 is 0.328 bits per heavy atom. The van der Waals surface area contributed by atoms with Crippen LogP contribution in [0.1, 0.15) is 0 Å². The van der Waals surface area contributed by atoms with Gasteiger partial charge in [0, 0.05) is 55.4 Å². The lowest BCUT2D eigenvalue weighted by atomic mass is 10.0. The molecule has 12 aromatic rings. The van der Waals surface area contributed by atoms with Crippen molar-refractivity contribution in [3.8, 4) is 50.2 Å². The minimum atomic E-state index is 1.12. The minimum absolute atomic E-state index is 1.12. The molecule has 4 aromatic heterocycles. The van der Waals surface area contributed by atoms with Crippen molar-refractivity contribution < 1.29 is 0 Å². The summed E-state index contributed by atoms with van der Waals surface area (Å²) in [7, 11) is 0. The van der Waals surface area contributed by atoms with E-state index in [1.807, 2.05) is 34.0 Å². The summed E-state index contributed by atoms with van der Waals surface area (Å²) >= 11 is 5.68. The van der Waals surface area contributed by atoms with Gasteiger partial charge in [-0.25, -0.2) is 0 Å². The van der Waals surface area contributed by atoms with Crippen LogP contribution in [-0.4, -0.2) is 4.57 Å². The van der Waals surface area contributed by atoms with Crippen LogP contribution in [0.2, 0.25) is 0 Å². The van der Waals surface area contributed by atoms with E-state index < -0.39 is 0 Å². The van der Waals surface area contributed by atoms with Crippen molar-refractivity contribution in [1.29, 1.82) is 0 Å². The molecule has 0 atom stereocenters. The van der Waals surface area contributed by atoms with Gasteiger partial charge >= 0.3 is 0 Å². The molecule has 0 unspecified atom stereocenters. The third kappa shape index (κ3) is 6.20. The average molecular weight is 833 g/mol. The maximum absolute atomic E-state index is 2.40. The second kappa shape index (κ2) is 14.9. The Hall–Kier alpha value is -7.02. The van der Waals surface area contributed by atoms with Gasteiger partial charge in [-0.15, -0.1) is 34.0 Å². The zero-order valence-electron chi connectivity index (χ0n) is 32.9. The highest BCUT2D eigenvalue weighted by Crippen LogP contribution is 2.51. The molecule has 0 amide bonds. The molecule has 0 aliphatic carbocycles. The first kappa shape index (κ1) is 35.9. The Balaban J connectivity index is 0.905. The van der Waals surface area contributed by atoms with Crippen molar-refractivity contribution in [2.75, 3.05) is 4.90 Å². The second-order valence-corrected chi connectivity index (χ2v) is 18.1. The lowest BCUT2D eigenvalue weighted by Gasteiger charge is -2.26. The first-order valence-electron chi connectivity index (χ1n) is 20.5. The first-order chi connectivity index (χ1) is 30.2. The highest BCUT2D eigenvalue weighted by Gasteiger charge is 2.20. The number of aromatic nitrogens is 1. The average Bonchev–Trinajstić information content (AvgIpc) is 4.11. The van der Waals surface area contributed by atoms with E-state index >= 15 is 0 Å². The predicted molar refractivity (Wildman–Crippen MR) is 266 cm³/mol. The van der Waals surface area contributed by atoms with Crippen LogP contribution in [0, 0.1) is 0 Å². The van der Waals surface area contributed by atoms with Crippen LogP contribution in [-0.2, 0) is 0 Å². The Morgan fingerprint density at radius 3 is 1.31 bits per heavy atom. The number of benzene rings is 8. The number of fused-ring (bicyclic) bond motifs is 6. The summed E-state index contributed by atoms with van der Waals surface area (Å²) in [6, 6.07) is 74.7. The molecule has 12 rings (SSSR count). The number of nitrogens with zero attached hydrogens (tertiary/aromatic N) is 2. The number of anilines is 3. The molecular weight excluding hydrogens is 797 g/mol. The Labute approximate surface area is 366 Å². The van der Waals surface area contributed by atoms with E-state index in [0.717, 1.165) is 17.1 Å². The summed E-state index contributed by atoms with van der Waals surface area (Å²) in [5, 5.41) is 7.27. The summed E-state index contributed by atoms with van der Waals surface area (Å²) in [4.78, 5) is 2.36. The normalized spacial score (nSPS) is 11.6. The summed E-state index contributed by atoms with van der Waals surface area (Å²) in [6.45, 7) is 0. The summed E-state index contributed by atoms with van der Waals surface area (Å²) in [5.74, 6) is 0. The molecule has 2 nitrogen and oxygen atoms in total. The summed E-state index contributed by atoms with van der Waals surface area (Å²) < 4.78 is 7.90. The Kier molecular flexibility index (Phi) is 8.77. The monoisotopic (exact) mass is 832 g/mol. The molecule has 4 heterocycles. The second-order valence-electron chi connectivity index (χ2n) is 15.3. The summed E-state index contributed by atoms with van der Waals surface area (Å²) in [6.07, 6.45) is 0. The molecule has 0 fully saturated rings. The van der Waals surface area contributed by atoms with Gasteiger partial charge in [0.2, 0.25) is 0 Å². The molecule has 0 radical (unpaired) electrons. The third-order valence-electron chi connectivity index (χ3n) is 11.8. The molecule has 288 valence electrons. The zero-order chi connectivity index (χ0) is 40.3. The summed E-state index contributed by atoms with van der Waals surface area (Å²) in [5.41, 5.74) is 17.0. The molecule has 0 N–H and O–H groups in total. The van der Waals surface area contributed by atoms with E-state index in [0.29, 0.717) is 0 Å². The molecular formula is C56H36N2S3. The maximum Gasteiger partial charge on any atom is 0.0636 e. The standard InChI is InChI=1S/C56H36N2S3/c1-4-12-37(13-5-1)39-20-27-44(28-21-39)57(45-29-22-40(23-30-45)38-14-6-2-7-15-38)46-31-24-41(25-32-46)49-35-59-55-53(49)61-54-50(36-60-56(54)55)42-26-33-52-48(34-42)47-18-10-11-19-51(47)58(52)43-16-8-3-9-17-43/h1-36H. The van der Waals surface area contributed by atoms with Gasteiger partial charge in [0.15, 0.2) is 0 Å². The molecule has 0 saturated heterocycles. The van der Waals surface area contributed by atoms with E-state index in [-0.39, 0.29) is 0 Å². The molecule has 0 aliphatic heterocycles. The fraction of sp³-hybridized carbons (Fsp3) is 0. The smallest absolute Gasteiger partial charge is 0.0636 e. The van der Waals surface area contributed by atoms with Gasteiger partial charge in [0.25, 0.3) is 0 Å². The largest absolute Gasteiger partial charge is 0.311 e. The van der Waals surface area contributed by atoms with Crippen LogP contribution in [0.3, 0.4) is 0 Å². The predicted octanol–water partition coefficient (Wildman–Crippen LogP) is 17.4. The van der Waals surface area contributed by atoms with Crippen molar-refractivity contribution in [2.45, 2.75) is 0 Å². The third-order valence-corrected chi connectivity index (χ3v) is 15.4. The van der Waals surface area contributed by atoms with Gasteiger partial charge in [-0.2, -0.15) is 0 Å². The lowest BCUT2D eigenvalue weighted by Crippen LogP contribution is -2.09. The molecule has 0 saturated carbocycles. The number of hydrogen-bond acceptors (Lipinski definition) is 4. The van der Waals surface area contributed by atoms with Crippen molar-refractivity contribution in [1.82, 2.24) is 4.57 Å². The number of hydrogen-bond donors (Lipinski definition) is 0. The van der Waals surface area contributed by atoms with Crippen molar-refractivity contribution in [3.63, 3.8) is 0 Å². The fourth-order valence-electron chi connectivity index (χ4n) is 8.81. The van der Waals surface area contributed by atoms with Crippen LogP contribution in [0.25, 0.3) is 90.8 Å². The zero-order valence-corrected chi connectivity index (χ0v) is 35.4. The van der Waals surface area contributed by atoms with E-state index in [1.165, 1.54) is 90.8 Å². The SMILES string of the molecule is c1ccc(-c2ccc(N(c3ccc(-c4ccccc4)cc3)c3ccc(-c4csc5c4sc4c(-c6ccc7c(c6)c6ccccc6n7-c6ccccc6)csc45)cc3)cc2)cc1. The van der Waals surface area contributed by atoms with Gasteiger partial charge < -0.3 is 9.47 Å². The maximum atomic E-state index is 2.40. The van der Waals surface area contributed by atoms with Crippen LogP contribution in [0.5, 0.6) is 0 Å². The van der Waals surface area contributed by atoms with E-state index in [9.17, 15) is 0 Å².